The topological polar surface area (TPSA) is 136 Å². The average molecular weight is 611 g/mol. The molecule has 1 heterocycles. The molecule has 2 aromatic carbocycles. The zero-order valence-electron chi connectivity index (χ0n) is 26.1. The third-order valence-corrected chi connectivity index (χ3v) is 7.96. The van der Waals surface area contributed by atoms with Crippen LogP contribution in [-0.2, 0) is 20.7 Å². The number of amides is 3. The van der Waals surface area contributed by atoms with E-state index in [9.17, 15) is 19.2 Å². The van der Waals surface area contributed by atoms with E-state index in [2.05, 4.69) is 10.6 Å². The van der Waals surface area contributed by atoms with Gasteiger partial charge in [0.1, 0.15) is 0 Å². The molecule has 1 atom stereocenters. The molecule has 238 valence electrons. The molecule has 1 saturated heterocycles. The zero-order chi connectivity index (χ0) is 31.8. The molecular weight excluding hydrogens is 568 g/mol. The number of nitrogens with zero attached hydrogens (tertiary/aromatic N) is 2. The summed E-state index contributed by atoms with van der Waals surface area (Å²) in [6, 6.07) is 6.67. The Kier molecular flexibility index (Phi) is 10.9. The number of rotatable bonds is 10. The Morgan fingerprint density at radius 2 is 1.66 bits per heavy atom. The Bertz CT molecular complexity index is 1440. The van der Waals surface area contributed by atoms with E-state index in [4.69, 9.17) is 18.9 Å². The van der Waals surface area contributed by atoms with Gasteiger partial charge in [-0.25, -0.2) is 4.79 Å². The van der Waals surface area contributed by atoms with Gasteiger partial charge in [0, 0.05) is 51.6 Å². The van der Waals surface area contributed by atoms with E-state index < -0.39 is 6.04 Å². The molecule has 1 fully saturated rings. The van der Waals surface area contributed by atoms with Crippen molar-refractivity contribution >= 4 is 23.6 Å². The summed E-state index contributed by atoms with van der Waals surface area (Å²) in [4.78, 5) is 53.7. The van der Waals surface area contributed by atoms with Crippen LogP contribution in [0.3, 0.4) is 0 Å². The van der Waals surface area contributed by atoms with Crippen molar-refractivity contribution in [2.45, 2.75) is 45.6 Å². The molecule has 1 aliphatic carbocycles. The van der Waals surface area contributed by atoms with Gasteiger partial charge in [-0.15, -0.1) is 0 Å². The van der Waals surface area contributed by atoms with Crippen molar-refractivity contribution < 1.29 is 33.3 Å². The van der Waals surface area contributed by atoms with E-state index in [1.807, 2.05) is 12.1 Å². The molecule has 0 radical (unpaired) electrons. The molecule has 0 spiro atoms. The minimum atomic E-state index is -0.397. The van der Waals surface area contributed by atoms with E-state index >= 15 is 0 Å². The van der Waals surface area contributed by atoms with Crippen molar-refractivity contribution in [3.63, 3.8) is 0 Å². The molecule has 0 aromatic heterocycles. The summed E-state index contributed by atoms with van der Waals surface area (Å²) in [6.45, 7) is 5.77. The fourth-order valence-corrected chi connectivity index (χ4v) is 5.83. The summed E-state index contributed by atoms with van der Waals surface area (Å²) >= 11 is 0. The van der Waals surface area contributed by atoms with E-state index in [-0.39, 0.29) is 23.3 Å². The summed E-state index contributed by atoms with van der Waals surface area (Å²) in [7, 11) is 4.67. The standard InChI is InChI=1S/C32H42N4O8/c1-6-44-32(40)36-16-14-35(15-17-36)28(39)8-7-13-33-25-12-10-22-23(19-26(25)38)24(34-20(2)37)11-9-21-18-27(41-3)30(42-4)31(43-5)29(21)22/h10,12,18-19,24H,6-9,11,13-17H2,1-5H3,(H,33,38)(H,34,37)/t24-/m0/s1. The van der Waals surface area contributed by atoms with Crippen molar-refractivity contribution in [3.05, 3.63) is 45.6 Å². The molecular formula is C32H42N4O8. The fourth-order valence-electron chi connectivity index (χ4n) is 5.83. The normalized spacial score (nSPS) is 15.7. The highest BCUT2D eigenvalue weighted by molar-refractivity contribution is 5.84. The monoisotopic (exact) mass is 610 g/mol. The van der Waals surface area contributed by atoms with Gasteiger partial charge in [-0.3, -0.25) is 14.4 Å². The Morgan fingerprint density at radius 1 is 0.955 bits per heavy atom. The largest absolute Gasteiger partial charge is 0.493 e. The first-order valence-corrected chi connectivity index (χ1v) is 14.9. The van der Waals surface area contributed by atoms with Crippen LogP contribution in [0.1, 0.15) is 50.3 Å². The van der Waals surface area contributed by atoms with Crippen molar-refractivity contribution in [3.8, 4) is 28.4 Å². The van der Waals surface area contributed by atoms with E-state index in [1.54, 1.807) is 50.2 Å². The van der Waals surface area contributed by atoms with Gasteiger partial charge in [0.2, 0.25) is 23.0 Å². The SMILES string of the molecule is CCOC(=O)N1CCN(C(=O)CCCNc2ccc3c(cc2=O)[C@@H](NC(C)=O)CCc2cc(OC)c(OC)c(OC)c2-3)CC1. The molecule has 0 unspecified atom stereocenters. The van der Waals surface area contributed by atoms with Gasteiger partial charge < -0.3 is 39.4 Å². The first-order chi connectivity index (χ1) is 21.2. The van der Waals surface area contributed by atoms with Gasteiger partial charge in [0.25, 0.3) is 0 Å². The second kappa shape index (κ2) is 14.8. The fraction of sp³-hybridized carbons (Fsp3) is 0.500. The molecule has 0 bridgehead atoms. The van der Waals surface area contributed by atoms with Crippen LogP contribution in [0.15, 0.2) is 29.1 Å². The lowest BCUT2D eigenvalue weighted by molar-refractivity contribution is -0.132. The van der Waals surface area contributed by atoms with Crippen LogP contribution in [0.2, 0.25) is 0 Å². The average Bonchev–Trinajstić information content (AvgIpc) is 3.26. The molecule has 2 aliphatic rings. The first kappa shape index (κ1) is 32.4. The Balaban J connectivity index is 1.53. The van der Waals surface area contributed by atoms with Gasteiger partial charge in [-0.2, -0.15) is 0 Å². The summed E-state index contributed by atoms with van der Waals surface area (Å²) < 4.78 is 22.1. The van der Waals surface area contributed by atoms with Crippen LogP contribution in [0.5, 0.6) is 17.2 Å². The van der Waals surface area contributed by atoms with Gasteiger partial charge in [-0.05, 0) is 61.1 Å². The molecule has 4 rings (SSSR count). The highest BCUT2D eigenvalue weighted by Gasteiger charge is 2.29. The van der Waals surface area contributed by atoms with E-state index in [1.165, 1.54) is 6.92 Å². The second-order valence-electron chi connectivity index (χ2n) is 10.7. The quantitative estimate of drug-likeness (QED) is 0.388. The molecule has 12 nitrogen and oxygen atoms in total. The van der Waals surface area contributed by atoms with Crippen molar-refractivity contribution in [1.29, 1.82) is 0 Å². The van der Waals surface area contributed by atoms with Crippen LogP contribution in [0.4, 0.5) is 10.5 Å². The minimum Gasteiger partial charge on any atom is -0.493 e. The number of fused-ring (bicyclic) bond motifs is 3. The van der Waals surface area contributed by atoms with Gasteiger partial charge in [0.05, 0.1) is 39.7 Å². The highest BCUT2D eigenvalue weighted by Crippen LogP contribution is 2.50. The van der Waals surface area contributed by atoms with E-state index in [0.717, 1.165) is 16.7 Å². The van der Waals surface area contributed by atoms with Crippen LogP contribution < -0.4 is 30.3 Å². The number of anilines is 1. The number of piperazine rings is 1. The first-order valence-electron chi connectivity index (χ1n) is 14.9. The third kappa shape index (κ3) is 7.17. The number of methoxy groups -OCH3 is 3. The summed E-state index contributed by atoms with van der Waals surface area (Å²) in [6.07, 6.45) is 1.67. The summed E-state index contributed by atoms with van der Waals surface area (Å²) in [5.74, 6) is 1.27. The number of carbonyl (C=O) groups is 3. The number of nitrogens with one attached hydrogen (secondary N) is 2. The maximum atomic E-state index is 13.5. The Morgan fingerprint density at radius 3 is 2.30 bits per heavy atom. The maximum absolute atomic E-state index is 13.5. The van der Waals surface area contributed by atoms with Crippen LogP contribution in [0, 0.1) is 0 Å². The summed E-state index contributed by atoms with van der Waals surface area (Å²) in [5.41, 5.74) is 3.31. The van der Waals surface area contributed by atoms with Crippen molar-refractivity contribution in [2.75, 3.05) is 66.0 Å². The number of ether oxygens (including phenoxy) is 4. The highest BCUT2D eigenvalue weighted by atomic mass is 16.6. The van der Waals surface area contributed by atoms with Crippen molar-refractivity contribution in [2.24, 2.45) is 0 Å². The number of aryl methyl sites for hydroxylation is 1. The van der Waals surface area contributed by atoms with Crippen LogP contribution in [-0.4, -0.2) is 88.4 Å². The van der Waals surface area contributed by atoms with Crippen LogP contribution >= 0.6 is 0 Å². The lowest BCUT2D eigenvalue weighted by atomic mass is 9.95. The third-order valence-electron chi connectivity index (χ3n) is 7.96. The smallest absolute Gasteiger partial charge is 0.409 e. The van der Waals surface area contributed by atoms with Crippen LogP contribution in [0.25, 0.3) is 11.1 Å². The number of benzene rings is 1. The molecule has 2 aromatic rings. The number of hydrogen-bond donors (Lipinski definition) is 2. The number of carbonyl (C=O) groups excluding carboxylic acids is 3. The van der Waals surface area contributed by atoms with E-state index in [0.29, 0.717) is 93.5 Å². The van der Waals surface area contributed by atoms with Gasteiger partial charge in [0.15, 0.2) is 11.5 Å². The number of hydrogen-bond acceptors (Lipinski definition) is 9. The molecule has 1 aliphatic heterocycles. The Labute approximate surface area is 257 Å². The van der Waals surface area contributed by atoms with Crippen molar-refractivity contribution in [1.82, 2.24) is 15.1 Å². The minimum absolute atomic E-state index is 0.00853. The molecule has 3 amide bonds. The van der Waals surface area contributed by atoms with Gasteiger partial charge in [-0.1, -0.05) is 6.07 Å². The molecule has 12 heteroatoms. The lowest BCUT2D eigenvalue weighted by Crippen LogP contribution is -2.50. The zero-order valence-corrected chi connectivity index (χ0v) is 26.1. The second-order valence-corrected chi connectivity index (χ2v) is 10.7. The maximum Gasteiger partial charge on any atom is 0.409 e. The Hall–Kier alpha value is -4.48. The lowest BCUT2D eigenvalue weighted by Gasteiger charge is -2.34. The molecule has 2 N–H and O–H groups in total. The molecule has 44 heavy (non-hydrogen) atoms. The predicted octanol–water partition coefficient (Wildman–Crippen LogP) is 3.36. The predicted molar refractivity (Wildman–Crippen MR) is 166 cm³/mol. The summed E-state index contributed by atoms with van der Waals surface area (Å²) in [5, 5.41) is 6.21. The van der Waals surface area contributed by atoms with Gasteiger partial charge >= 0.3 is 6.09 Å². The molecule has 0 saturated carbocycles.